The van der Waals surface area contributed by atoms with Crippen molar-refractivity contribution in [2.24, 2.45) is 17.3 Å². The summed E-state index contributed by atoms with van der Waals surface area (Å²) in [7, 11) is 0. The van der Waals surface area contributed by atoms with Gasteiger partial charge in [0, 0.05) is 5.92 Å². The molecule has 0 aliphatic carbocycles. The van der Waals surface area contributed by atoms with Crippen LogP contribution in [0.3, 0.4) is 0 Å². The van der Waals surface area contributed by atoms with Crippen molar-refractivity contribution in [3.8, 4) is 5.75 Å². The smallest absolute Gasteiger partial charge is 0.341 e. The number of hydrogen-bond donors (Lipinski definition) is 2. The number of unbranched alkanes of at least 4 members (excludes halogenated alkanes) is 1. The molecule has 1 unspecified atom stereocenters. The van der Waals surface area contributed by atoms with E-state index in [4.69, 9.17) is 14.6 Å². The lowest BCUT2D eigenvalue weighted by molar-refractivity contribution is -0.139. The number of hydrogen-bond acceptors (Lipinski definition) is 4. The van der Waals surface area contributed by atoms with Crippen LogP contribution >= 0.6 is 0 Å². The number of aryl methyl sites for hydroxylation is 1. The molecule has 2 heterocycles. The highest BCUT2D eigenvalue weighted by molar-refractivity contribution is 5.68. The summed E-state index contributed by atoms with van der Waals surface area (Å²) in [5.41, 5.74) is 1.06. The molecule has 3 rings (SSSR count). The molecule has 1 aromatic rings. The van der Waals surface area contributed by atoms with Gasteiger partial charge in [0.05, 0.1) is 18.3 Å². The molecule has 2 N–H and O–H groups in total. The molecule has 0 amide bonds. The van der Waals surface area contributed by atoms with Gasteiger partial charge in [-0.25, -0.2) is 4.79 Å². The minimum Gasteiger partial charge on any atom is -0.482 e. The van der Waals surface area contributed by atoms with Crippen molar-refractivity contribution in [1.29, 1.82) is 0 Å². The third-order valence-corrected chi connectivity index (χ3v) is 7.24. The minimum atomic E-state index is -0.968. The third-order valence-electron chi connectivity index (χ3n) is 7.24. The normalized spacial score (nSPS) is 26.0. The molecule has 178 valence electrons. The van der Waals surface area contributed by atoms with Gasteiger partial charge >= 0.3 is 5.97 Å². The topological polar surface area (TPSA) is 76.0 Å². The van der Waals surface area contributed by atoms with Crippen molar-refractivity contribution in [2.45, 2.75) is 90.4 Å². The van der Waals surface area contributed by atoms with E-state index in [0.29, 0.717) is 29.8 Å². The maximum absolute atomic E-state index is 10.8. The first-order valence-electron chi connectivity index (χ1n) is 12.3. The minimum absolute atomic E-state index is 0.103. The monoisotopic (exact) mass is 444 g/mol. The average Bonchev–Trinajstić information content (AvgIpc) is 3.37. The van der Waals surface area contributed by atoms with Crippen LogP contribution in [0, 0.1) is 17.3 Å². The first-order chi connectivity index (χ1) is 15.3. The zero-order chi connectivity index (χ0) is 23.1. The third kappa shape index (κ3) is 6.58. The predicted molar refractivity (Wildman–Crippen MR) is 126 cm³/mol. The van der Waals surface area contributed by atoms with Crippen LogP contribution in [0.4, 0.5) is 0 Å². The van der Waals surface area contributed by atoms with E-state index in [1.54, 1.807) is 6.07 Å². The van der Waals surface area contributed by atoms with Crippen LogP contribution in [0.25, 0.3) is 0 Å². The van der Waals surface area contributed by atoms with E-state index in [9.17, 15) is 9.90 Å². The first-order valence-corrected chi connectivity index (χ1v) is 12.3. The van der Waals surface area contributed by atoms with E-state index in [2.05, 4.69) is 32.9 Å². The molecule has 1 aromatic carbocycles. The van der Waals surface area contributed by atoms with Crippen LogP contribution in [-0.2, 0) is 16.0 Å². The summed E-state index contributed by atoms with van der Waals surface area (Å²) in [6.45, 7) is 6.18. The second-order valence-corrected chi connectivity index (χ2v) is 10.2. The molecule has 5 atom stereocenters. The predicted octanol–water partition coefficient (Wildman–Crippen LogP) is 5.40. The summed E-state index contributed by atoms with van der Waals surface area (Å²) in [6, 6.07) is 7.72. The number of aliphatic hydroxyl groups excluding tert-OH is 1. The molecule has 2 aliphatic heterocycles. The largest absolute Gasteiger partial charge is 0.482 e. The summed E-state index contributed by atoms with van der Waals surface area (Å²) >= 11 is 0. The van der Waals surface area contributed by atoms with Gasteiger partial charge in [-0.3, -0.25) is 0 Å². The van der Waals surface area contributed by atoms with Crippen molar-refractivity contribution < 1.29 is 24.5 Å². The lowest BCUT2D eigenvalue weighted by atomic mass is 9.75. The fourth-order valence-electron chi connectivity index (χ4n) is 5.21. The molecule has 0 aromatic heterocycles. The van der Waals surface area contributed by atoms with Crippen molar-refractivity contribution >= 4 is 5.97 Å². The van der Waals surface area contributed by atoms with Gasteiger partial charge in [0.15, 0.2) is 6.61 Å². The zero-order valence-electron chi connectivity index (χ0n) is 19.8. The van der Waals surface area contributed by atoms with E-state index < -0.39 is 12.1 Å². The lowest BCUT2D eigenvalue weighted by Gasteiger charge is -2.30. The first kappa shape index (κ1) is 24.8. The molecular formula is C27H40O5. The molecule has 2 saturated heterocycles. The van der Waals surface area contributed by atoms with E-state index in [1.807, 2.05) is 18.2 Å². The lowest BCUT2D eigenvalue weighted by Crippen LogP contribution is -2.29. The highest BCUT2D eigenvalue weighted by Crippen LogP contribution is 2.46. The van der Waals surface area contributed by atoms with Gasteiger partial charge in [0.1, 0.15) is 5.75 Å². The van der Waals surface area contributed by atoms with Crippen LogP contribution in [0.1, 0.15) is 71.3 Å². The van der Waals surface area contributed by atoms with Crippen LogP contribution in [0.5, 0.6) is 5.75 Å². The Morgan fingerprint density at radius 3 is 2.81 bits per heavy atom. The number of carbonyl (C=O) groups is 1. The van der Waals surface area contributed by atoms with Gasteiger partial charge < -0.3 is 19.7 Å². The SMILES string of the molecule is CCCCC(C)(C)C(O)C=C[C@@H]1[C@H](CCCc2cccc(OCC(=O)O)c2)[C@@H]2CC[C@H]1O2. The van der Waals surface area contributed by atoms with Gasteiger partial charge in [-0.05, 0) is 67.6 Å². The number of carboxylic acid groups (broad SMARTS) is 1. The summed E-state index contributed by atoms with van der Waals surface area (Å²) in [6.07, 6.45) is 13.1. The van der Waals surface area contributed by atoms with Crippen molar-refractivity contribution in [2.75, 3.05) is 6.61 Å². The molecule has 32 heavy (non-hydrogen) atoms. The van der Waals surface area contributed by atoms with Crippen molar-refractivity contribution in [3.63, 3.8) is 0 Å². The Kier molecular flexibility index (Phi) is 8.78. The second kappa shape index (κ2) is 11.3. The molecule has 2 aliphatic rings. The quantitative estimate of drug-likeness (QED) is 0.398. The summed E-state index contributed by atoms with van der Waals surface area (Å²) in [5, 5.41) is 19.6. The molecule has 0 radical (unpaired) electrons. The number of rotatable bonds is 13. The molecule has 5 heteroatoms. The number of aliphatic carboxylic acids is 1. The van der Waals surface area contributed by atoms with Crippen molar-refractivity contribution in [1.82, 2.24) is 0 Å². The van der Waals surface area contributed by atoms with Gasteiger partial charge in [0.2, 0.25) is 0 Å². The van der Waals surface area contributed by atoms with Crippen LogP contribution in [0.2, 0.25) is 0 Å². The Morgan fingerprint density at radius 2 is 2.06 bits per heavy atom. The molecule has 0 spiro atoms. The maximum Gasteiger partial charge on any atom is 0.341 e. The maximum atomic E-state index is 10.8. The van der Waals surface area contributed by atoms with Gasteiger partial charge in [-0.15, -0.1) is 0 Å². The van der Waals surface area contributed by atoms with Gasteiger partial charge in [-0.2, -0.15) is 0 Å². The standard InChI is InChI=1S/C27H40O5/c1-4-5-16-27(2,3)25(28)15-12-22-21(23-13-14-24(22)32-23)11-7-9-19-8-6-10-20(17-19)31-18-26(29)30/h6,8,10,12,15,17,21-25,28H,4-5,7,9,11,13-14,16,18H2,1-3H3,(H,29,30)/t21-,22+,23-,24+,25?/m0/s1. The van der Waals surface area contributed by atoms with Crippen LogP contribution in [-0.4, -0.2) is 41.1 Å². The fraction of sp³-hybridized carbons (Fsp3) is 0.667. The Morgan fingerprint density at radius 1 is 1.28 bits per heavy atom. The Labute approximate surface area is 192 Å². The summed E-state index contributed by atoms with van der Waals surface area (Å²) in [4.78, 5) is 10.7. The fourth-order valence-corrected chi connectivity index (χ4v) is 5.21. The van der Waals surface area contributed by atoms with Crippen molar-refractivity contribution in [3.05, 3.63) is 42.0 Å². The Hall–Kier alpha value is -1.85. The van der Waals surface area contributed by atoms with E-state index in [0.717, 1.165) is 56.9 Å². The molecular weight excluding hydrogens is 404 g/mol. The van der Waals surface area contributed by atoms with E-state index in [1.165, 1.54) is 0 Å². The van der Waals surface area contributed by atoms with E-state index in [-0.39, 0.29) is 12.0 Å². The second-order valence-electron chi connectivity index (χ2n) is 10.2. The number of benzene rings is 1. The number of carboxylic acids is 1. The summed E-state index contributed by atoms with van der Waals surface area (Å²) < 4.78 is 11.5. The van der Waals surface area contributed by atoms with Gasteiger partial charge in [-0.1, -0.05) is 57.9 Å². The highest BCUT2D eigenvalue weighted by atomic mass is 16.5. The Balaban J connectivity index is 1.54. The van der Waals surface area contributed by atoms with Gasteiger partial charge in [0.25, 0.3) is 0 Å². The number of fused-ring (bicyclic) bond motifs is 2. The van der Waals surface area contributed by atoms with Crippen LogP contribution in [0.15, 0.2) is 36.4 Å². The molecule has 2 bridgehead atoms. The molecule has 2 fully saturated rings. The molecule has 5 nitrogen and oxygen atoms in total. The Bertz CT molecular complexity index is 771. The zero-order valence-corrected chi connectivity index (χ0v) is 19.8. The average molecular weight is 445 g/mol. The van der Waals surface area contributed by atoms with E-state index >= 15 is 0 Å². The number of aliphatic hydroxyl groups is 1. The summed E-state index contributed by atoms with van der Waals surface area (Å²) in [5.74, 6) is 0.524. The van der Waals surface area contributed by atoms with Crippen LogP contribution < -0.4 is 4.74 Å². The number of ether oxygens (including phenoxy) is 2. The highest BCUT2D eigenvalue weighted by Gasteiger charge is 2.47. The molecule has 0 saturated carbocycles.